The molecule has 0 aliphatic carbocycles. The topological polar surface area (TPSA) is 137 Å². The summed E-state index contributed by atoms with van der Waals surface area (Å²) in [6, 6.07) is 15.9. The molecule has 3 aromatic carbocycles. The van der Waals surface area contributed by atoms with Crippen molar-refractivity contribution in [1.29, 1.82) is 0 Å². The molecular formula is C22H19N3O7S. The third kappa shape index (κ3) is 5.92. The molecule has 1 amide bonds. The second-order valence-corrected chi connectivity index (χ2v) is 8.29. The highest BCUT2D eigenvalue weighted by atomic mass is 32.2. The van der Waals surface area contributed by atoms with E-state index in [1.807, 2.05) is 0 Å². The lowest BCUT2D eigenvalue weighted by atomic mass is 10.2. The van der Waals surface area contributed by atoms with Gasteiger partial charge < -0.3 is 8.92 Å². The highest BCUT2D eigenvalue weighted by Crippen LogP contribution is 2.25. The highest BCUT2D eigenvalue weighted by molar-refractivity contribution is 7.87. The largest absolute Gasteiger partial charge is 0.497 e. The molecule has 0 unspecified atom stereocenters. The number of nitrogens with zero attached hydrogens (tertiary/aromatic N) is 2. The first kappa shape index (κ1) is 23.4. The normalized spacial score (nSPS) is 11.2. The maximum atomic E-state index is 12.5. The lowest BCUT2D eigenvalue weighted by Gasteiger charge is -2.08. The number of carbonyl (C=O) groups excluding carboxylic acids is 1. The van der Waals surface area contributed by atoms with Crippen molar-refractivity contribution in [2.75, 3.05) is 7.11 Å². The number of nitrogens with one attached hydrogen (secondary N) is 1. The Morgan fingerprint density at radius 1 is 1.03 bits per heavy atom. The number of ether oxygens (including phenoxy) is 1. The summed E-state index contributed by atoms with van der Waals surface area (Å²) in [4.78, 5) is 22.1. The van der Waals surface area contributed by atoms with Crippen molar-refractivity contribution in [3.8, 4) is 11.5 Å². The van der Waals surface area contributed by atoms with Crippen LogP contribution in [0.15, 0.2) is 76.7 Å². The van der Waals surface area contributed by atoms with Gasteiger partial charge in [-0.15, -0.1) is 0 Å². The summed E-state index contributed by atoms with van der Waals surface area (Å²) in [6.07, 6.45) is 1.38. The zero-order valence-electron chi connectivity index (χ0n) is 17.6. The SMILES string of the molecule is COc1ccc(C(=O)N/N=C/c2ccc(OS(=O)(=O)c3ccc(C)c([N+](=O)[O-])c3)cc2)cc1. The summed E-state index contributed by atoms with van der Waals surface area (Å²) in [5, 5.41) is 14.9. The van der Waals surface area contributed by atoms with Crippen LogP contribution in [-0.2, 0) is 10.1 Å². The Labute approximate surface area is 189 Å². The summed E-state index contributed by atoms with van der Waals surface area (Å²) >= 11 is 0. The summed E-state index contributed by atoms with van der Waals surface area (Å²) < 4.78 is 35.0. The number of aryl methyl sites for hydroxylation is 1. The van der Waals surface area contributed by atoms with Crippen LogP contribution in [-0.4, -0.2) is 32.6 Å². The molecule has 11 heteroatoms. The molecule has 0 aliphatic rings. The predicted molar refractivity (Wildman–Crippen MR) is 120 cm³/mol. The monoisotopic (exact) mass is 469 g/mol. The number of rotatable bonds is 8. The number of nitro benzene ring substituents is 1. The van der Waals surface area contributed by atoms with Crippen LogP contribution in [0.25, 0.3) is 0 Å². The van der Waals surface area contributed by atoms with E-state index < -0.39 is 20.9 Å². The lowest BCUT2D eigenvalue weighted by molar-refractivity contribution is -0.385. The van der Waals surface area contributed by atoms with E-state index in [-0.39, 0.29) is 16.3 Å². The molecule has 3 aromatic rings. The van der Waals surface area contributed by atoms with E-state index in [0.29, 0.717) is 22.4 Å². The second-order valence-electron chi connectivity index (χ2n) is 6.74. The average Bonchev–Trinajstić information content (AvgIpc) is 2.80. The first-order valence-electron chi connectivity index (χ1n) is 9.46. The Hall–Kier alpha value is -4.25. The van der Waals surface area contributed by atoms with Gasteiger partial charge in [-0.05, 0) is 67.1 Å². The van der Waals surface area contributed by atoms with Gasteiger partial charge in [0.2, 0.25) is 0 Å². The minimum absolute atomic E-state index is 0.0117. The zero-order valence-corrected chi connectivity index (χ0v) is 18.4. The van der Waals surface area contributed by atoms with E-state index in [1.54, 1.807) is 24.3 Å². The van der Waals surface area contributed by atoms with Gasteiger partial charge in [-0.25, -0.2) is 5.43 Å². The van der Waals surface area contributed by atoms with Gasteiger partial charge in [-0.3, -0.25) is 14.9 Å². The van der Waals surface area contributed by atoms with E-state index in [9.17, 15) is 23.3 Å². The Kier molecular flexibility index (Phi) is 7.04. The number of hydrogen-bond acceptors (Lipinski definition) is 8. The minimum atomic E-state index is -4.27. The van der Waals surface area contributed by atoms with Crippen molar-refractivity contribution in [1.82, 2.24) is 5.43 Å². The smallest absolute Gasteiger partial charge is 0.339 e. The molecule has 0 aliphatic heterocycles. The number of methoxy groups -OCH3 is 1. The Balaban J connectivity index is 1.64. The standard InChI is InChI=1S/C22H19N3O7S/c1-15-3-12-20(13-21(15)25(27)28)33(29,30)32-19-8-4-16(5-9-19)14-23-24-22(26)17-6-10-18(31-2)11-7-17/h3-14H,1-2H3,(H,24,26)/b23-14+. The van der Waals surface area contributed by atoms with Crippen molar-refractivity contribution in [3.05, 3.63) is 93.5 Å². The van der Waals surface area contributed by atoms with Crippen molar-refractivity contribution >= 4 is 27.9 Å². The molecule has 0 atom stereocenters. The molecule has 10 nitrogen and oxygen atoms in total. The Morgan fingerprint density at radius 3 is 2.27 bits per heavy atom. The van der Waals surface area contributed by atoms with Crippen molar-refractivity contribution in [2.45, 2.75) is 11.8 Å². The molecule has 0 aromatic heterocycles. The van der Waals surface area contributed by atoms with Crippen LogP contribution in [0.5, 0.6) is 11.5 Å². The van der Waals surface area contributed by atoms with Crippen LogP contribution in [0, 0.1) is 17.0 Å². The minimum Gasteiger partial charge on any atom is -0.497 e. The average molecular weight is 469 g/mol. The van der Waals surface area contributed by atoms with E-state index in [4.69, 9.17) is 8.92 Å². The van der Waals surface area contributed by atoms with Crippen LogP contribution in [0.3, 0.4) is 0 Å². The zero-order chi connectivity index (χ0) is 24.0. The van der Waals surface area contributed by atoms with Crippen molar-refractivity contribution in [2.24, 2.45) is 5.10 Å². The van der Waals surface area contributed by atoms with Gasteiger partial charge in [0.15, 0.2) is 0 Å². The van der Waals surface area contributed by atoms with E-state index >= 15 is 0 Å². The Bertz CT molecular complexity index is 1300. The van der Waals surface area contributed by atoms with Gasteiger partial charge in [0.1, 0.15) is 16.4 Å². The number of amides is 1. The number of hydrogen-bond donors (Lipinski definition) is 1. The van der Waals surface area contributed by atoms with Gasteiger partial charge in [0.05, 0.1) is 18.2 Å². The third-order valence-electron chi connectivity index (χ3n) is 4.48. The molecule has 0 saturated heterocycles. The molecule has 0 heterocycles. The van der Waals surface area contributed by atoms with E-state index in [2.05, 4.69) is 10.5 Å². The van der Waals surface area contributed by atoms with E-state index in [0.717, 1.165) is 6.07 Å². The second kappa shape index (κ2) is 9.92. The molecular weight excluding hydrogens is 450 g/mol. The molecule has 0 bridgehead atoms. The Morgan fingerprint density at radius 2 is 1.67 bits per heavy atom. The quantitative estimate of drug-likeness (QED) is 0.231. The summed E-state index contributed by atoms with van der Waals surface area (Å²) in [5.41, 5.74) is 3.38. The molecule has 0 fully saturated rings. The highest BCUT2D eigenvalue weighted by Gasteiger charge is 2.21. The maximum absolute atomic E-state index is 12.5. The molecule has 3 rings (SSSR count). The first-order chi connectivity index (χ1) is 15.7. The van der Waals surface area contributed by atoms with Gasteiger partial charge in [0, 0.05) is 17.2 Å². The fraction of sp³-hybridized carbons (Fsp3) is 0.0909. The van der Waals surface area contributed by atoms with Crippen LogP contribution >= 0.6 is 0 Å². The van der Waals surface area contributed by atoms with Gasteiger partial charge in [0.25, 0.3) is 11.6 Å². The fourth-order valence-electron chi connectivity index (χ4n) is 2.70. The molecule has 0 saturated carbocycles. The molecule has 170 valence electrons. The van der Waals surface area contributed by atoms with Gasteiger partial charge >= 0.3 is 10.1 Å². The molecule has 33 heavy (non-hydrogen) atoms. The lowest BCUT2D eigenvalue weighted by Crippen LogP contribution is -2.17. The van der Waals surface area contributed by atoms with Crippen LogP contribution in [0.2, 0.25) is 0 Å². The predicted octanol–water partition coefficient (Wildman–Crippen LogP) is 3.44. The van der Waals surface area contributed by atoms with E-state index in [1.165, 1.54) is 56.6 Å². The number of nitro groups is 1. The summed E-state index contributed by atoms with van der Waals surface area (Å²) in [7, 11) is -2.74. The van der Waals surface area contributed by atoms with Crippen molar-refractivity contribution in [3.63, 3.8) is 0 Å². The molecule has 1 N–H and O–H groups in total. The third-order valence-corrected chi connectivity index (χ3v) is 5.73. The summed E-state index contributed by atoms with van der Waals surface area (Å²) in [6.45, 7) is 1.51. The maximum Gasteiger partial charge on any atom is 0.339 e. The summed E-state index contributed by atoms with van der Waals surface area (Å²) in [5.74, 6) is 0.227. The van der Waals surface area contributed by atoms with Crippen molar-refractivity contribution < 1.29 is 27.1 Å². The number of benzene rings is 3. The van der Waals surface area contributed by atoms with Gasteiger partial charge in [-0.2, -0.15) is 13.5 Å². The first-order valence-corrected chi connectivity index (χ1v) is 10.9. The molecule has 0 radical (unpaired) electrons. The van der Waals surface area contributed by atoms with Crippen LogP contribution < -0.4 is 14.3 Å². The number of carbonyl (C=O) groups is 1. The molecule has 0 spiro atoms. The fourth-order valence-corrected chi connectivity index (χ4v) is 3.65. The number of hydrazone groups is 1. The van der Waals surface area contributed by atoms with Gasteiger partial charge in [-0.1, -0.05) is 6.07 Å². The van der Waals surface area contributed by atoms with Crippen LogP contribution in [0.1, 0.15) is 21.5 Å². The van der Waals surface area contributed by atoms with Crippen LogP contribution in [0.4, 0.5) is 5.69 Å².